The minimum Gasteiger partial charge on any atom is -0.360 e. The van der Waals surface area contributed by atoms with E-state index in [1.54, 1.807) is 12.1 Å². The van der Waals surface area contributed by atoms with E-state index in [0.29, 0.717) is 6.54 Å². The van der Waals surface area contributed by atoms with Crippen molar-refractivity contribution in [2.45, 2.75) is 6.42 Å². The second-order valence-corrected chi connectivity index (χ2v) is 4.59. The zero-order chi connectivity index (χ0) is 13.2. The van der Waals surface area contributed by atoms with Gasteiger partial charge in [0.2, 0.25) is 0 Å². The van der Waals surface area contributed by atoms with Crippen LogP contribution in [0.2, 0.25) is 0 Å². The van der Waals surface area contributed by atoms with Gasteiger partial charge in [-0.1, -0.05) is 30.3 Å². The average molecular weight is 254 g/mol. The van der Waals surface area contributed by atoms with Crippen LogP contribution in [-0.2, 0) is 6.42 Å². The summed E-state index contributed by atoms with van der Waals surface area (Å²) in [6, 6.07) is 12.7. The van der Waals surface area contributed by atoms with Crippen molar-refractivity contribution >= 4 is 10.9 Å². The molecule has 1 heterocycles. The van der Waals surface area contributed by atoms with Gasteiger partial charge in [-0.3, -0.25) is 0 Å². The normalized spacial score (nSPS) is 11.1. The summed E-state index contributed by atoms with van der Waals surface area (Å²) in [5.74, 6) is -0.216. The minimum atomic E-state index is -0.216. The maximum Gasteiger partial charge on any atom is 0.123 e. The Morgan fingerprint density at radius 2 is 1.84 bits per heavy atom. The van der Waals surface area contributed by atoms with Gasteiger partial charge in [0.25, 0.3) is 0 Å². The molecule has 96 valence electrons. The number of halogens is 1. The first-order valence-electron chi connectivity index (χ1n) is 6.34. The molecule has 0 aliphatic rings. The van der Waals surface area contributed by atoms with Crippen molar-refractivity contribution in [3.63, 3.8) is 0 Å². The highest BCUT2D eigenvalue weighted by molar-refractivity contribution is 5.96. The highest BCUT2D eigenvalue weighted by Gasteiger charge is 2.08. The van der Waals surface area contributed by atoms with Crippen molar-refractivity contribution in [3.8, 4) is 11.1 Å². The average Bonchev–Trinajstić information content (AvgIpc) is 2.84. The van der Waals surface area contributed by atoms with Crippen molar-refractivity contribution in [1.82, 2.24) is 4.98 Å². The molecule has 0 radical (unpaired) electrons. The summed E-state index contributed by atoms with van der Waals surface area (Å²) in [5.41, 5.74) is 10.0. The van der Waals surface area contributed by atoms with Crippen LogP contribution in [0, 0.1) is 5.82 Å². The van der Waals surface area contributed by atoms with E-state index >= 15 is 0 Å². The highest BCUT2D eigenvalue weighted by Crippen LogP contribution is 2.29. The van der Waals surface area contributed by atoms with Crippen molar-refractivity contribution in [2.24, 2.45) is 5.73 Å². The molecule has 3 aromatic rings. The number of aromatic nitrogens is 1. The maximum absolute atomic E-state index is 13.0. The fraction of sp³-hybridized carbons (Fsp3) is 0.125. The Morgan fingerprint density at radius 1 is 1.05 bits per heavy atom. The Bertz CT molecular complexity index is 698. The van der Waals surface area contributed by atoms with E-state index in [9.17, 15) is 4.39 Å². The number of hydrogen-bond acceptors (Lipinski definition) is 1. The van der Waals surface area contributed by atoms with Gasteiger partial charge in [-0.15, -0.1) is 0 Å². The van der Waals surface area contributed by atoms with Crippen molar-refractivity contribution in [2.75, 3.05) is 6.54 Å². The lowest BCUT2D eigenvalue weighted by Crippen LogP contribution is -2.01. The van der Waals surface area contributed by atoms with Gasteiger partial charge in [-0.25, -0.2) is 4.39 Å². The first-order chi connectivity index (χ1) is 9.29. The monoisotopic (exact) mass is 254 g/mol. The quantitative estimate of drug-likeness (QED) is 0.738. The number of fused-ring (bicyclic) bond motifs is 1. The molecule has 2 aromatic carbocycles. The van der Waals surface area contributed by atoms with Gasteiger partial charge in [0.05, 0.1) is 5.52 Å². The number of nitrogens with one attached hydrogen (secondary N) is 1. The van der Waals surface area contributed by atoms with Crippen molar-refractivity contribution in [3.05, 3.63) is 60.0 Å². The van der Waals surface area contributed by atoms with E-state index in [2.05, 4.69) is 11.1 Å². The van der Waals surface area contributed by atoms with Crippen molar-refractivity contribution < 1.29 is 4.39 Å². The Hall–Kier alpha value is -2.13. The van der Waals surface area contributed by atoms with Crippen LogP contribution in [0.25, 0.3) is 22.0 Å². The maximum atomic E-state index is 13.0. The number of H-pyrrole nitrogens is 1. The number of hydrogen-bond donors (Lipinski definition) is 2. The molecule has 2 nitrogen and oxygen atoms in total. The number of para-hydroxylation sites is 1. The standard InChI is InChI=1S/C16H15FN2/c17-13-6-4-11(5-7-13)14-2-1-3-15-12(8-9-18)10-19-16(14)15/h1-7,10,19H,8-9,18H2. The van der Waals surface area contributed by atoms with Crippen LogP contribution in [0.4, 0.5) is 4.39 Å². The molecule has 0 fully saturated rings. The van der Waals surface area contributed by atoms with Crippen molar-refractivity contribution in [1.29, 1.82) is 0 Å². The van der Waals surface area contributed by atoms with E-state index in [-0.39, 0.29) is 5.82 Å². The first-order valence-corrected chi connectivity index (χ1v) is 6.34. The Labute approximate surface area is 111 Å². The molecular weight excluding hydrogens is 239 g/mol. The predicted octanol–water partition coefficient (Wildman–Crippen LogP) is 3.48. The molecule has 0 bridgehead atoms. The number of rotatable bonds is 3. The molecule has 0 atom stereocenters. The first kappa shape index (κ1) is 11.9. The molecule has 1 aromatic heterocycles. The van der Waals surface area contributed by atoms with Crippen LogP contribution < -0.4 is 5.73 Å². The second kappa shape index (κ2) is 4.86. The fourth-order valence-electron chi connectivity index (χ4n) is 2.44. The Balaban J connectivity index is 2.16. The third kappa shape index (κ3) is 2.13. The summed E-state index contributed by atoms with van der Waals surface area (Å²) in [6.45, 7) is 0.633. The van der Waals surface area contributed by atoms with Crippen LogP contribution >= 0.6 is 0 Å². The lowest BCUT2D eigenvalue weighted by molar-refractivity contribution is 0.628. The third-order valence-electron chi connectivity index (χ3n) is 3.37. The summed E-state index contributed by atoms with van der Waals surface area (Å²) in [6.07, 6.45) is 2.86. The zero-order valence-electron chi connectivity index (χ0n) is 10.5. The van der Waals surface area contributed by atoms with Gasteiger partial charge in [-0.05, 0) is 36.2 Å². The molecule has 0 aliphatic heterocycles. The summed E-state index contributed by atoms with van der Waals surface area (Å²) in [7, 11) is 0. The lowest BCUT2D eigenvalue weighted by atomic mass is 10.0. The minimum absolute atomic E-state index is 0.216. The van der Waals surface area contributed by atoms with Crippen LogP contribution in [0.1, 0.15) is 5.56 Å². The van der Waals surface area contributed by atoms with Crippen LogP contribution in [-0.4, -0.2) is 11.5 Å². The van der Waals surface area contributed by atoms with Gasteiger partial charge in [0.15, 0.2) is 0 Å². The summed E-state index contributed by atoms with van der Waals surface area (Å²) in [5, 5.41) is 1.19. The smallest absolute Gasteiger partial charge is 0.123 e. The third-order valence-corrected chi connectivity index (χ3v) is 3.37. The van der Waals surface area contributed by atoms with Gasteiger partial charge in [0.1, 0.15) is 5.82 Å². The van der Waals surface area contributed by atoms with Crippen LogP contribution in [0.5, 0.6) is 0 Å². The topological polar surface area (TPSA) is 41.8 Å². The largest absolute Gasteiger partial charge is 0.360 e. The lowest BCUT2D eigenvalue weighted by Gasteiger charge is -2.04. The SMILES string of the molecule is NCCc1c[nH]c2c(-c3ccc(F)cc3)cccc12. The van der Waals surface area contributed by atoms with Gasteiger partial charge in [0, 0.05) is 17.1 Å². The molecule has 0 aliphatic carbocycles. The van der Waals surface area contributed by atoms with E-state index in [1.165, 1.54) is 23.1 Å². The molecular formula is C16H15FN2. The molecule has 19 heavy (non-hydrogen) atoms. The molecule has 3 heteroatoms. The van der Waals surface area contributed by atoms with Gasteiger partial charge in [-0.2, -0.15) is 0 Å². The molecule has 0 saturated carbocycles. The number of nitrogens with two attached hydrogens (primary N) is 1. The Kier molecular flexibility index (Phi) is 3.05. The number of aromatic amines is 1. The molecule has 0 spiro atoms. The molecule has 3 N–H and O–H groups in total. The molecule has 0 saturated heterocycles. The highest BCUT2D eigenvalue weighted by atomic mass is 19.1. The van der Waals surface area contributed by atoms with E-state index in [4.69, 9.17) is 5.73 Å². The number of benzene rings is 2. The van der Waals surface area contributed by atoms with Crippen LogP contribution in [0.3, 0.4) is 0 Å². The predicted molar refractivity (Wildman–Crippen MR) is 76.5 cm³/mol. The van der Waals surface area contributed by atoms with E-state index in [0.717, 1.165) is 23.1 Å². The zero-order valence-corrected chi connectivity index (χ0v) is 10.5. The van der Waals surface area contributed by atoms with E-state index in [1.807, 2.05) is 18.3 Å². The summed E-state index contributed by atoms with van der Waals surface area (Å²) < 4.78 is 13.0. The van der Waals surface area contributed by atoms with Crippen LogP contribution in [0.15, 0.2) is 48.7 Å². The molecule has 0 unspecified atom stereocenters. The Morgan fingerprint density at radius 3 is 2.58 bits per heavy atom. The molecule has 3 rings (SSSR count). The van der Waals surface area contributed by atoms with E-state index < -0.39 is 0 Å². The van der Waals surface area contributed by atoms with Gasteiger partial charge >= 0.3 is 0 Å². The summed E-state index contributed by atoms with van der Waals surface area (Å²) >= 11 is 0. The summed E-state index contributed by atoms with van der Waals surface area (Å²) in [4.78, 5) is 3.31. The fourth-order valence-corrected chi connectivity index (χ4v) is 2.44. The second-order valence-electron chi connectivity index (χ2n) is 4.59. The van der Waals surface area contributed by atoms with Gasteiger partial charge < -0.3 is 10.7 Å². The molecule has 0 amide bonds.